The molecule has 0 saturated carbocycles. The molecule has 100 valence electrons. The van der Waals surface area contributed by atoms with Gasteiger partial charge in [0, 0.05) is 12.6 Å². The molecule has 0 saturated heterocycles. The monoisotopic (exact) mass is 256 g/mol. The maximum absolute atomic E-state index is 12.9. The lowest BCUT2D eigenvalue weighted by atomic mass is 10.0. The van der Waals surface area contributed by atoms with Gasteiger partial charge in [-0.05, 0) is 30.0 Å². The summed E-state index contributed by atoms with van der Waals surface area (Å²) in [6, 6.07) is 2.75. The van der Waals surface area contributed by atoms with E-state index < -0.39 is 17.7 Å². The van der Waals surface area contributed by atoms with E-state index in [-0.39, 0.29) is 11.8 Å². The van der Waals surface area contributed by atoms with Crippen molar-refractivity contribution >= 4 is 5.91 Å². The number of amides is 1. The number of nitrogens with one attached hydrogen (secondary N) is 1. The molecule has 0 aromatic heterocycles. The highest BCUT2D eigenvalue weighted by Gasteiger charge is 2.16. The summed E-state index contributed by atoms with van der Waals surface area (Å²) >= 11 is 0. The maximum Gasteiger partial charge on any atom is 0.237 e. The van der Waals surface area contributed by atoms with Crippen molar-refractivity contribution in [1.29, 1.82) is 0 Å². The summed E-state index contributed by atoms with van der Waals surface area (Å²) in [7, 11) is 0. The van der Waals surface area contributed by atoms with Gasteiger partial charge in [0.2, 0.25) is 5.91 Å². The molecule has 0 fully saturated rings. The summed E-state index contributed by atoms with van der Waals surface area (Å²) in [5.41, 5.74) is 6.16. The average molecular weight is 256 g/mol. The minimum absolute atomic E-state index is 0.0524. The van der Waals surface area contributed by atoms with Crippen LogP contribution in [0.25, 0.3) is 0 Å². The lowest BCUT2D eigenvalue weighted by Crippen LogP contribution is -2.44. The van der Waals surface area contributed by atoms with Gasteiger partial charge in [0.05, 0.1) is 6.04 Å². The minimum atomic E-state index is -0.616. The second-order valence-electron chi connectivity index (χ2n) is 4.59. The van der Waals surface area contributed by atoms with Crippen LogP contribution in [-0.2, 0) is 11.2 Å². The Hall–Kier alpha value is -1.49. The Morgan fingerprint density at radius 1 is 1.28 bits per heavy atom. The van der Waals surface area contributed by atoms with Crippen molar-refractivity contribution in [3.8, 4) is 0 Å². The highest BCUT2D eigenvalue weighted by molar-refractivity contribution is 5.81. The number of benzene rings is 1. The van der Waals surface area contributed by atoms with Gasteiger partial charge >= 0.3 is 0 Å². The highest BCUT2D eigenvalue weighted by atomic mass is 19.1. The normalized spacial score (nSPS) is 12.6. The van der Waals surface area contributed by atoms with Crippen molar-refractivity contribution in [2.45, 2.75) is 26.3 Å². The van der Waals surface area contributed by atoms with Crippen molar-refractivity contribution in [3.63, 3.8) is 0 Å². The molecule has 0 radical (unpaired) electrons. The van der Waals surface area contributed by atoms with E-state index in [1.165, 1.54) is 12.1 Å². The van der Waals surface area contributed by atoms with Crippen molar-refractivity contribution in [3.05, 3.63) is 35.4 Å². The zero-order chi connectivity index (χ0) is 13.7. The second kappa shape index (κ2) is 6.44. The molecule has 1 aromatic carbocycles. The Balaban J connectivity index is 2.44. The van der Waals surface area contributed by atoms with Crippen molar-refractivity contribution in [1.82, 2.24) is 5.32 Å². The molecule has 1 amide bonds. The van der Waals surface area contributed by atoms with E-state index in [9.17, 15) is 13.6 Å². The van der Waals surface area contributed by atoms with Gasteiger partial charge in [-0.25, -0.2) is 8.78 Å². The predicted molar refractivity (Wildman–Crippen MR) is 65.9 cm³/mol. The number of rotatable bonds is 5. The first kappa shape index (κ1) is 14.6. The predicted octanol–water partition coefficient (Wildman–Crippen LogP) is 1.61. The Bertz CT molecular complexity index is 401. The highest BCUT2D eigenvalue weighted by Crippen LogP contribution is 2.08. The van der Waals surface area contributed by atoms with Crippen LogP contribution in [0.1, 0.15) is 19.4 Å². The molecule has 0 aliphatic heterocycles. The van der Waals surface area contributed by atoms with E-state index >= 15 is 0 Å². The number of hydrogen-bond acceptors (Lipinski definition) is 2. The van der Waals surface area contributed by atoms with Gasteiger partial charge < -0.3 is 11.1 Å². The van der Waals surface area contributed by atoms with Crippen LogP contribution in [0.2, 0.25) is 0 Å². The molecule has 1 rings (SSSR count). The Morgan fingerprint density at radius 3 is 2.33 bits per heavy atom. The Labute approximate surface area is 105 Å². The molecule has 3 N–H and O–H groups in total. The quantitative estimate of drug-likeness (QED) is 0.841. The van der Waals surface area contributed by atoms with E-state index in [0.29, 0.717) is 18.5 Å². The Morgan fingerprint density at radius 2 is 1.83 bits per heavy atom. The minimum Gasteiger partial charge on any atom is -0.354 e. The summed E-state index contributed by atoms with van der Waals surface area (Å²) in [5, 5.41) is 2.64. The number of carbonyl (C=O) groups excluding carboxylic acids is 1. The lowest BCUT2D eigenvalue weighted by molar-refractivity contribution is -0.123. The second-order valence-corrected chi connectivity index (χ2v) is 4.59. The van der Waals surface area contributed by atoms with Gasteiger partial charge in [0.1, 0.15) is 11.6 Å². The van der Waals surface area contributed by atoms with Crippen molar-refractivity contribution < 1.29 is 13.6 Å². The van der Waals surface area contributed by atoms with Crippen LogP contribution in [0, 0.1) is 17.6 Å². The molecular formula is C13H18F2N2O. The fourth-order valence-corrected chi connectivity index (χ4v) is 1.51. The fraction of sp³-hybridized carbons (Fsp3) is 0.462. The van der Waals surface area contributed by atoms with Gasteiger partial charge in [0.25, 0.3) is 0 Å². The van der Waals surface area contributed by atoms with Crippen LogP contribution in [0.3, 0.4) is 0 Å². The van der Waals surface area contributed by atoms with Crippen LogP contribution >= 0.6 is 0 Å². The molecular weight excluding hydrogens is 238 g/mol. The molecule has 0 aliphatic carbocycles. The first-order valence-electron chi connectivity index (χ1n) is 5.88. The van der Waals surface area contributed by atoms with E-state index in [1.54, 1.807) is 0 Å². The Kier molecular flexibility index (Phi) is 5.22. The van der Waals surface area contributed by atoms with Gasteiger partial charge in [-0.15, -0.1) is 0 Å². The molecule has 0 spiro atoms. The fourth-order valence-electron chi connectivity index (χ4n) is 1.51. The zero-order valence-electron chi connectivity index (χ0n) is 10.5. The standard InChI is InChI=1S/C13H18F2N2O/c1-8(2)12(16)13(18)17-4-3-9-5-10(14)7-11(15)6-9/h5-8,12H,3-4,16H2,1-2H3,(H,17,18)/t12-/m0/s1. The summed E-state index contributed by atoms with van der Waals surface area (Å²) in [6.07, 6.45) is 0.366. The number of nitrogens with two attached hydrogens (primary N) is 1. The van der Waals surface area contributed by atoms with Crippen LogP contribution in [-0.4, -0.2) is 18.5 Å². The van der Waals surface area contributed by atoms with Gasteiger partial charge in [-0.1, -0.05) is 13.8 Å². The topological polar surface area (TPSA) is 55.1 Å². The first-order valence-corrected chi connectivity index (χ1v) is 5.88. The number of carbonyl (C=O) groups is 1. The third-order valence-corrected chi connectivity index (χ3v) is 2.66. The first-order chi connectivity index (χ1) is 8.40. The van der Waals surface area contributed by atoms with Gasteiger partial charge in [0.15, 0.2) is 0 Å². The summed E-state index contributed by atoms with van der Waals surface area (Å²) in [4.78, 5) is 11.5. The van der Waals surface area contributed by atoms with E-state index in [4.69, 9.17) is 5.73 Å². The summed E-state index contributed by atoms with van der Waals surface area (Å²) in [6.45, 7) is 4.01. The third kappa shape index (κ3) is 4.41. The third-order valence-electron chi connectivity index (χ3n) is 2.66. The molecule has 0 bridgehead atoms. The lowest BCUT2D eigenvalue weighted by Gasteiger charge is -2.15. The molecule has 1 aromatic rings. The summed E-state index contributed by atoms with van der Waals surface area (Å²) < 4.78 is 25.8. The molecule has 18 heavy (non-hydrogen) atoms. The smallest absolute Gasteiger partial charge is 0.237 e. The van der Waals surface area contributed by atoms with Gasteiger partial charge in [-0.2, -0.15) is 0 Å². The molecule has 0 unspecified atom stereocenters. The van der Waals surface area contributed by atoms with Gasteiger partial charge in [-0.3, -0.25) is 4.79 Å². The molecule has 1 atom stereocenters. The van der Waals surface area contributed by atoms with E-state index in [1.807, 2.05) is 13.8 Å². The summed E-state index contributed by atoms with van der Waals surface area (Å²) in [5.74, 6) is -1.43. The van der Waals surface area contributed by atoms with Crippen LogP contribution in [0.4, 0.5) is 8.78 Å². The van der Waals surface area contributed by atoms with Crippen LogP contribution in [0.15, 0.2) is 18.2 Å². The van der Waals surface area contributed by atoms with Crippen molar-refractivity contribution in [2.75, 3.05) is 6.54 Å². The molecule has 5 heteroatoms. The number of halogens is 2. The maximum atomic E-state index is 12.9. The largest absolute Gasteiger partial charge is 0.354 e. The number of hydrogen-bond donors (Lipinski definition) is 2. The SMILES string of the molecule is CC(C)[C@H](N)C(=O)NCCc1cc(F)cc(F)c1. The molecule has 0 heterocycles. The zero-order valence-corrected chi connectivity index (χ0v) is 10.5. The van der Waals surface area contributed by atoms with Crippen LogP contribution in [0.5, 0.6) is 0 Å². The van der Waals surface area contributed by atoms with E-state index in [2.05, 4.69) is 5.32 Å². The molecule has 0 aliphatic rings. The van der Waals surface area contributed by atoms with E-state index in [0.717, 1.165) is 6.07 Å². The average Bonchev–Trinajstić information content (AvgIpc) is 2.26. The van der Waals surface area contributed by atoms with Crippen molar-refractivity contribution in [2.24, 2.45) is 11.7 Å². The van der Waals surface area contributed by atoms with Crippen LogP contribution < -0.4 is 11.1 Å². The molecule has 3 nitrogen and oxygen atoms in total.